The molecular formula is C14H16N2O3. The van der Waals surface area contributed by atoms with Gasteiger partial charge in [0.2, 0.25) is 12.7 Å². The normalized spacial score (nSPS) is 14.6. The van der Waals surface area contributed by atoms with E-state index in [1.165, 1.54) is 0 Å². The van der Waals surface area contributed by atoms with Crippen molar-refractivity contribution in [2.75, 3.05) is 12.5 Å². The summed E-state index contributed by atoms with van der Waals surface area (Å²) in [6.45, 7) is 4.48. The standard InChI is InChI=1S/C14H16N2O3/c1-3-8(2)13-12(14(15)19-16-13)9-4-5-10-11(6-9)18-7-17-10/h4-6,8H,3,7,15H2,1-2H3. The van der Waals surface area contributed by atoms with Crippen molar-refractivity contribution in [1.82, 2.24) is 5.16 Å². The van der Waals surface area contributed by atoms with E-state index in [2.05, 4.69) is 19.0 Å². The predicted octanol–water partition coefficient (Wildman–Crippen LogP) is 3.17. The highest BCUT2D eigenvalue weighted by Gasteiger charge is 2.22. The fraction of sp³-hybridized carbons (Fsp3) is 0.357. The molecule has 1 unspecified atom stereocenters. The van der Waals surface area contributed by atoms with E-state index >= 15 is 0 Å². The van der Waals surface area contributed by atoms with E-state index in [-0.39, 0.29) is 6.79 Å². The number of hydrogen-bond donors (Lipinski definition) is 1. The topological polar surface area (TPSA) is 70.5 Å². The highest BCUT2D eigenvalue weighted by atomic mass is 16.7. The van der Waals surface area contributed by atoms with E-state index in [9.17, 15) is 0 Å². The Morgan fingerprint density at radius 1 is 1.32 bits per heavy atom. The zero-order valence-corrected chi connectivity index (χ0v) is 11.0. The summed E-state index contributed by atoms with van der Waals surface area (Å²) in [4.78, 5) is 0. The minimum absolute atomic E-state index is 0.260. The summed E-state index contributed by atoms with van der Waals surface area (Å²) in [5.74, 6) is 2.12. The van der Waals surface area contributed by atoms with Crippen molar-refractivity contribution in [3.63, 3.8) is 0 Å². The van der Waals surface area contributed by atoms with Crippen LogP contribution in [0.4, 0.5) is 5.88 Å². The van der Waals surface area contributed by atoms with Crippen LogP contribution in [0.2, 0.25) is 0 Å². The van der Waals surface area contributed by atoms with Crippen molar-refractivity contribution in [2.24, 2.45) is 0 Å². The molecule has 1 atom stereocenters. The van der Waals surface area contributed by atoms with Crippen LogP contribution in [-0.4, -0.2) is 11.9 Å². The summed E-state index contributed by atoms with van der Waals surface area (Å²) < 4.78 is 15.8. The molecule has 0 amide bonds. The van der Waals surface area contributed by atoms with E-state index < -0.39 is 0 Å². The van der Waals surface area contributed by atoms with E-state index in [1.54, 1.807) is 0 Å². The highest BCUT2D eigenvalue weighted by molar-refractivity contribution is 5.77. The summed E-state index contributed by atoms with van der Waals surface area (Å²) in [6.07, 6.45) is 0.976. The lowest BCUT2D eigenvalue weighted by Gasteiger charge is -2.08. The molecule has 0 spiro atoms. The largest absolute Gasteiger partial charge is 0.454 e. The van der Waals surface area contributed by atoms with Crippen molar-refractivity contribution in [2.45, 2.75) is 26.2 Å². The van der Waals surface area contributed by atoms with Gasteiger partial charge in [-0.25, -0.2) is 0 Å². The van der Waals surface area contributed by atoms with Gasteiger partial charge in [-0.1, -0.05) is 25.1 Å². The number of benzene rings is 1. The number of nitrogen functional groups attached to an aromatic ring is 1. The second-order valence-corrected chi connectivity index (χ2v) is 4.68. The van der Waals surface area contributed by atoms with Crippen molar-refractivity contribution in [3.8, 4) is 22.6 Å². The molecule has 0 saturated heterocycles. The molecule has 0 bridgehead atoms. The van der Waals surface area contributed by atoms with E-state index in [4.69, 9.17) is 19.7 Å². The molecule has 1 aliphatic heterocycles. The first-order chi connectivity index (χ1) is 9.20. The number of aromatic nitrogens is 1. The van der Waals surface area contributed by atoms with Gasteiger partial charge in [0, 0.05) is 5.92 Å². The lowest BCUT2D eigenvalue weighted by atomic mass is 9.96. The van der Waals surface area contributed by atoms with Gasteiger partial charge in [0.05, 0.1) is 11.3 Å². The Kier molecular flexibility index (Phi) is 2.81. The Morgan fingerprint density at radius 3 is 2.89 bits per heavy atom. The number of ether oxygens (including phenoxy) is 2. The third kappa shape index (κ3) is 1.91. The van der Waals surface area contributed by atoms with Gasteiger partial charge < -0.3 is 19.7 Å². The van der Waals surface area contributed by atoms with Crippen LogP contribution in [0.1, 0.15) is 31.9 Å². The second-order valence-electron chi connectivity index (χ2n) is 4.68. The van der Waals surface area contributed by atoms with Crippen molar-refractivity contribution in [1.29, 1.82) is 0 Å². The zero-order valence-electron chi connectivity index (χ0n) is 11.0. The molecule has 2 heterocycles. The molecule has 0 aliphatic carbocycles. The Balaban J connectivity index is 2.09. The number of nitrogens with zero attached hydrogens (tertiary/aromatic N) is 1. The van der Waals surface area contributed by atoms with Crippen LogP contribution in [0.3, 0.4) is 0 Å². The monoisotopic (exact) mass is 260 g/mol. The van der Waals surface area contributed by atoms with Crippen molar-refractivity contribution < 1.29 is 14.0 Å². The fourth-order valence-electron chi connectivity index (χ4n) is 2.19. The Bertz CT molecular complexity index is 607. The molecule has 3 rings (SSSR count). The van der Waals surface area contributed by atoms with E-state index in [0.717, 1.165) is 34.7 Å². The first-order valence-corrected chi connectivity index (χ1v) is 6.35. The van der Waals surface area contributed by atoms with Gasteiger partial charge in [-0.3, -0.25) is 0 Å². The maximum absolute atomic E-state index is 5.91. The first-order valence-electron chi connectivity index (χ1n) is 6.35. The maximum atomic E-state index is 5.91. The molecule has 1 aliphatic rings. The molecule has 2 aromatic rings. The van der Waals surface area contributed by atoms with Gasteiger partial charge in [-0.2, -0.15) is 0 Å². The Labute approximate surface area is 111 Å². The number of fused-ring (bicyclic) bond motifs is 1. The third-order valence-electron chi connectivity index (χ3n) is 3.49. The summed E-state index contributed by atoms with van der Waals surface area (Å²) in [7, 11) is 0. The first kappa shape index (κ1) is 11.9. The second kappa shape index (κ2) is 4.50. The molecular weight excluding hydrogens is 244 g/mol. The summed E-state index contributed by atoms with van der Waals surface area (Å²) >= 11 is 0. The number of hydrogen-bond acceptors (Lipinski definition) is 5. The van der Waals surface area contributed by atoms with Gasteiger partial charge in [-0.05, 0) is 24.1 Å². The highest BCUT2D eigenvalue weighted by Crippen LogP contribution is 2.40. The smallest absolute Gasteiger partial charge is 0.231 e. The Hall–Kier alpha value is -2.17. The SMILES string of the molecule is CCC(C)c1noc(N)c1-c1ccc2c(c1)OCO2. The third-order valence-corrected chi connectivity index (χ3v) is 3.49. The van der Waals surface area contributed by atoms with Gasteiger partial charge in [0.15, 0.2) is 11.5 Å². The molecule has 1 aromatic carbocycles. The average Bonchev–Trinajstić information content (AvgIpc) is 3.03. The summed E-state index contributed by atoms with van der Waals surface area (Å²) in [5.41, 5.74) is 8.59. The summed E-state index contributed by atoms with van der Waals surface area (Å²) in [6, 6.07) is 5.74. The molecule has 0 radical (unpaired) electrons. The number of nitrogens with two attached hydrogens (primary N) is 1. The molecule has 1 aromatic heterocycles. The zero-order chi connectivity index (χ0) is 13.4. The van der Waals surface area contributed by atoms with Crippen LogP contribution >= 0.6 is 0 Å². The average molecular weight is 260 g/mol. The maximum Gasteiger partial charge on any atom is 0.231 e. The lowest BCUT2D eigenvalue weighted by Crippen LogP contribution is -1.96. The Morgan fingerprint density at radius 2 is 2.11 bits per heavy atom. The summed E-state index contributed by atoms with van der Waals surface area (Å²) in [5, 5.41) is 4.08. The van der Waals surface area contributed by atoms with Crippen LogP contribution in [-0.2, 0) is 0 Å². The van der Waals surface area contributed by atoms with Crippen LogP contribution in [0.15, 0.2) is 22.7 Å². The lowest BCUT2D eigenvalue weighted by molar-refractivity contribution is 0.174. The quantitative estimate of drug-likeness (QED) is 0.917. The molecule has 2 N–H and O–H groups in total. The number of rotatable bonds is 3. The van der Waals surface area contributed by atoms with Crippen LogP contribution in [0.5, 0.6) is 11.5 Å². The van der Waals surface area contributed by atoms with Crippen molar-refractivity contribution >= 4 is 5.88 Å². The van der Waals surface area contributed by atoms with Crippen LogP contribution < -0.4 is 15.2 Å². The number of anilines is 1. The predicted molar refractivity (Wildman–Crippen MR) is 71.2 cm³/mol. The molecule has 0 fully saturated rings. The van der Waals surface area contributed by atoms with Gasteiger partial charge in [0.25, 0.3) is 0 Å². The molecule has 19 heavy (non-hydrogen) atoms. The van der Waals surface area contributed by atoms with Gasteiger partial charge in [-0.15, -0.1) is 0 Å². The fourth-order valence-corrected chi connectivity index (χ4v) is 2.19. The van der Waals surface area contributed by atoms with Crippen LogP contribution in [0.25, 0.3) is 11.1 Å². The van der Waals surface area contributed by atoms with Crippen molar-refractivity contribution in [3.05, 3.63) is 23.9 Å². The van der Waals surface area contributed by atoms with E-state index in [0.29, 0.717) is 11.8 Å². The molecule has 5 heteroatoms. The molecule has 0 saturated carbocycles. The molecule has 100 valence electrons. The minimum Gasteiger partial charge on any atom is -0.454 e. The minimum atomic E-state index is 0.260. The van der Waals surface area contributed by atoms with Crippen LogP contribution in [0, 0.1) is 0 Å². The van der Waals surface area contributed by atoms with Gasteiger partial charge >= 0.3 is 0 Å². The van der Waals surface area contributed by atoms with Gasteiger partial charge in [0.1, 0.15) is 0 Å². The molecule has 5 nitrogen and oxygen atoms in total. The van der Waals surface area contributed by atoms with E-state index in [1.807, 2.05) is 18.2 Å².